The third-order valence-corrected chi connectivity index (χ3v) is 3.68. The monoisotopic (exact) mass is 279 g/mol. The average Bonchev–Trinajstić information content (AvgIpc) is 2.74. The first-order valence-corrected chi connectivity index (χ1v) is 6.78. The normalized spacial score (nSPS) is 21.8. The van der Waals surface area contributed by atoms with Crippen molar-refractivity contribution in [3.63, 3.8) is 0 Å². The van der Waals surface area contributed by atoms with Gasteiger partial charge in [0.05, 0.1) is 20.3 Å². The van der Waals surface area contributed by atoms with E-state index in [1.165, 1.54) is 0 Å². The van der Waals surface area contributed by atoms with E-state index in [1.54, 1.807) is 19.1 Å². The van der Waals surface area contributed by atoms with Crippen LogP contribution >= 0.6 is 0 Å². The molecule has 110 valence electrons. The zero-order valence-electron chi connectivity index (χ0n) is 12.4. The molecule has 1 amide bonds. The molecule has 0 aromatic heterocycles. The number of methoxy groups -OCH3 is 2. The van der Waals surface area contributed by atoms with E-state index in [4.69, 9.17) is 14.2 Å². The molecule has 20 heavy (non-hydrogen) atoms. The second kappa shape index (κ2) is 6.03. The molecule has 0 bridgehead atoms. The minimum atomic E-state index is -0.258. The molecule has 0 unspecified atom stereocenters. The molecule has 0 aliphatic carbocycles. The van der Waals surface area contributed by atoms with Crippen LogP contribution < -0.4 is 9.47 Å². The van der Waals surface area contributed by atoms with Gasteiger partial charge in [-0.15, -0.1) is 0 Å². The lowest BCUT2D eigenvalue weighted by atomic mass is 10.1. The van der Waals surface area contributed by atoms with Gasteiger partial charge in [-0.3, -0.25) is 4.90 Å². The number of cyclic esters (lactones) is 1. The van der Waals surface area contributed by atoms with Gasteiger partial charge in [0.15, 0.2) is 0 Å². The molecule has 1 aliphatic rings. The number of carbonyl (C=O) groups excluding carboxylic acids is 1. The Hall–Kier alpha value is -1.91. The van der Waals surface area contributed by atoms with Gasteiger partial charge in [-0.2, -0.15) is 0 Å². The fraction of sp³-hybridized carbons (Fsp3) is 0.533. The van der Waals surface area contributed by atoms with Crippen molar-refractivity contribution in [3.8, 4) is 11.5 Å². The molecule has 0 saturated carbocycles. The molecule has 1 aromatic carbocycles. The molecule has 1 aromatic rings. The number of hydrogen-bond acceptors (Lipinski definition) is 4. The van der Waals surface area contributed by atoms with Crippen molar-refractivity contribution < 1.29 is 19.0 Å². The lowest BCUT2D eigenvalue weighted by Crippen LogP contribution is -2.33. The third kappa shape index (κ3) is 2.81. The molecular weight excluding hydrogens is 258 g/mol. The van der Waals surface area contributed by atoms with Gasteiger partial charge in [0.25, 0.3) is 0 Å². The molecule has 0 N–H and O–H groups in total. The van der Waals surface area contributed by atoms with E-state index in [2.05, 4.69) is 0 Å². The van der Waals surface area contributed by atoms with Crippen LogP contribution in [0.3, 0.4) is 0 Å². The number of benzene rings is 1. The van der Waals surface area contributed by atoms with Crippen molar-refractivity contribution in [2.24, 2.45) is 0 Å². The van der Waals surface area contributed by atoms with Crippen LogP contribution in [0.1, 0.15) is 25.8 Å². The molecule has 1 saturated heterocycles. The van der Waals surface area contributed by atoms with Gasteiger partial charge in [-0.25, -0.2) is 4.79 Å². The van der Waals surface area contributed by atoms with Crippen LogP contribution in [0.25, 0.3) is 0 Å². The molecule has 0 spiro atoms. The van der Waals surface area contributed by atoms with E-state index in [0.717, 1.165) is 12.0 Å². The van der Waals surface area contributed by atoms with Gasteiger partial charge in [-0.05, 0) is 31.0 Å². The van der Waals surface area contributed by atoms with Crippen LogP contribution in [0.2, 0.25) is 0 Å². The lowest BCUT2D eigenvalue weighted by Gasteiger charge is -2.20. The van der Waals surface area contributed by atoms with Gasteiger partial charge in [0.2, 0.25) is 0 Å². The lowest BCUT2D eigenvalue weighted by molar-refractivity contribution is 0.128. The van der Waals surface area contributed by atoms with E-state index in [1.807, 2.05) is 32.0 Å². The van der Waals surface area contributed by atoms with Crippen molar-refractivity contribution in [2.75, 3.05) is 14.2 Å². The SMILES string of the molecule is CC[C@H]1OC(=O)N(Cc2cc(OC)cc(OC)c2)[C@@H]1C. The second-order valence-corrected chi connectivity index (χ2v) is 4.92. The molecule has 1 fully saturated rings. The van der Waals surface area contributed by atoms with Crippen LogP contribution in [0, 0.1) is 0 Å². The second-order valence-electron chi connectivity index (χ2n) is 4.92. The molecular formula is C15H21NO4. The highest BCUT2D eigenvalue weighted by atomic mass is 16.6. The highest BCUT2D eigenvalue weighted by Crippen LogP contribution is 2.27. The standard InChI is InChI=1S/C15H21NO4/c1-5-14-10(2)16(15(17)20-14)9-11-6-12(18-3)8-13(7-11)19-4/h6-8,10,14H,5,9H2,1-4H3/t10-,14-/m1/s1. The molecule has 1 aliphatic heterocycles. The maximum atomic E-state index is 11.9. The number of rotatable bonds is 5. The number of nitrogens with zero attached hydrogens (tertiary/aromatic N) is 1. The summed E-state index contributed by atoms with van der Waals surface area (Å²) in [4.78, 5) is 13.6. The minimum Gasteiger partial charge on any atom is -0.497 e. The molecule has 2 rings (SSSR count). The summed E-state index contributed by atoms with van der Waals surface area (Å²) in [5, 5.41) is 0. The Balaban J connectivity index is 2.19. The number of ether oxygens (including phenoxy) is 3. The summed E-state index contributed by atoms with van der Waals surface area (Å²) in [7, 11) is 3.22. The quantitative estimate of drug-likeness (QED) is 0.831. The molecule has 1 heterocycles. The van der Waals surface area contributed by atoms with Gasteiger partial charge in [0, 0.05) is 12.6 Å². The maximum Gasteiger partial charge on any atom is 0.410 e. The van der Waals surface area contributed by atoms with Crippen LogP contribution in [-0.2, 0) is 11.3 Å². The van der Waals surface area contributed by atoms with Crippen molar-refractivity contribution in [2.45, 2.75) is 39.0 Å². The van der Waals surface area contributed by atoms with Crippen molar-refractivity contribution in [3.05, 3.63) is 23.8 Å². The average molecular weight is 279 g/mol. The Morgan fingerprint density at radius 3 is 2.25 bits per heavy atom. The van der Waals surface area contributed by atoms with Gasteiger partial charge >= 0.3 is 6.09 Å². The summed E-state index contributed by atoms with van der Waals surface area (Å²) in [6.45, 7) is 4.52. The van der Waals surface area contributed by atoms with Crippen molar-refractivity contribution in [1.82, 2.24) is 4.90 Å². The first kappa shape index (κ1) is 14.5. The van der Waals surface area contributed by atoms with Crippen LogP contribution in [0.5, 0.6) is 11.5 Å². The van der Waals surface area contributed by atoms with E-state index in [-0.39, 0.29) is 18.2 Å². The summed E-state index contributed by atoms with van der Waals surface area (Å²) in [5.74, 6) is 1.43. The number of amides is 1. The van der Waals surface area contributed by atoms with Gasteiger partial charge in [-0.1, -0.05) is 6.92 Å². The number of hydrogen-bond donors (Lipinski definition) is 0. The molecule has 5 nitrogen and oxygen atoms in total. The van der Waals surface area contributed by atoms with E-state index >= 15 is 0 Å². The van der Waals surface area contributed by atoms with Gasteiger partial charge < -0.3 is 14.2 Å². The van der Waals surface area contributed by atoms with E-state index < -0.39 is 0 Å². The summed E-state index contributed by atoms with van der Waals surface area (Å²) in [6, 6.07) is 5.69. The third-order valence-electron chi connectivity index (χ3n) is 3.68. The Kier molecular flexibility index (Phi) is 4.37. The Morgan fingerprint density at radius 2 is 1.80 bits per heavy atom. The predicted octanol–water partition coefficient (Wildman–Crippen LogP) is 2.82. The Morgan fingerprint density at radius 1 is 1.20 bits per heavy atom. The molecule has 5 heteroatoms. The summed E-state index contributed by atoms with van der Waals surface area (Å²) < 4.78 is 15.8. The first-order valence-electron chi connectivity index (χ1n) is 6.78. The molecule has 2 atom stereocenters. The summed E-state index contributed by atoms with van der Waals surface area (Å²) >= 11 is 0. The fourth-order valence-corrected chi connectivity index (χ4v) is 2.45. The minimum absolute atomic E-state index is 0.0324. The Labute approximate surface area is 119 Å². The predicted molar refractivity (Wildman–Crippen MR) is 75.1 cm³/mol. The fourth-order valence-electron chi connectivity index (χ4n) is 2.45. The van der Waals surface area contributed by atoms with Crippen LogP contribution in [0.15, 0.2) is 18.2 Å². The molecule has 0 radical (unpaired) electrons. The highest BCUT2D eigenvalue weighted by molar-refractivity contribution is 5.70. The van der Waals surface area contributed by atoms with Crippen LogP contribution in [0.4, 0.5) is 4.79 Å². The van der Waals surface area contributed by atoms with E-state index in [0.29, 0.717) is 18.0 Å². The maximum absolute atomic E-state index is 11.9. The zero-order chi connectivity index (χ0) is 14.7. The van der Waals surface area contributed by atoms with Crippen LogP contribution in [-0.4, -0.2) is 37.4 Å². The summed E-state index contributed by atoms with van der Waals surface area (Å²) in [6.07, 6.45) is 0.534. The van der Waals surface area contributed by atoms with Crippen molar-refractivity contribution in [1.29, 1.82) is 0 Å². The van der Waals surface area contributed by atoms with Crippen molar-refractivity contribution >= 4 is 6.09 Å². The van der Waals surface area contributed by atoms with E-state index in [9.17, 15) is 4.79 Å². The summed E-state index contributed by atoms with van der Waals surface area (Å²) in [5.41, 5.74) is 0.960. The topological polar surface area (TPSA) is 48.0 Å². The Bertz CT molecular complexity index is 467. The zero-order valence-corrected chi connectivity index (χ0v) is 12.4. The van der Waals surface area contributed by atoms with Gasteiger partial charge in [0.1, 0.15) is 17.6 Å². The smallest absolute Gasteiger partial charge is 0.410 e. The largest absolute Gasteiger partial charge is 0.497 e. The first-order chi connectivity index (χ1) is 9.58. The number of carbonyl (C=O) groups is 1. The highest BCUT2D eigenvalue weighted by Gasteiger charge is 2.37.